The van der Waals surface area contributed by atoms with E-state index in [1.807, 2.05) is 6.07 Å². The van der Waals surface area contributed by atoms with Crippen LogP contribution >= 0.6 is 50.2 Å². The number of nitrogens with zero attached hydrogens (tertiary/aromatic N) is 1. The fourth-order valence-electron chi connectivity index (χ4n) is 3.51. The van der Waals surface area contributed by atoms with Gasteiger partial charge in [0.15, 0.2) is 0 Å². The Hall–Kier alpha value is -0.920. The molecule has 0 radical (unpaired) electrons. The molecule has 3 aromatic heterocycles. The third kappa shape index (κ3) is 3.45. The van der Waals surface area contributed by atoms with Crippen LogP contribution in [0.5, 0.6) is 0 Å². The second-order valence-electron chi connectivity index (χ2n) is 6.60. The molecule has 1 aliphatic carbocycles. The molecular weight excluding hydrogens is 450 g/mol. The number of nitrogens with one attached hydrogen (secondary N) is 1. The minimum Gasteiger partial charge on any atom is -0.379 e. The predicted molar refractivity (Wildman–Crippen MR) is 118 cm³/mol. The molecule has 0 spiro atoms. The Bertz CT molecular complexity index is 952. The van der Waals surface area contributed by atoms with Gasteiger partial charge in [-0.1, -0.05) is 36.7 Å². The zero-order valence-electron chi connectivity index (χ0n) is 14.2. The second kappa shape index (κ2) is 7.60. The van der Waals surface area contributed by atoms with Crippen LogP contribution in [0.4, 0.5) is 5.69 Å². The monoisotopic (exact) mass is 467 g/mol. The van der Waals surface area contributed by atoms with E-state index in [0.717, 1.165) is 33.3 Å². The molecule has 0 saturated heterocycles. The lowest BCUT2D eigenvalue weighted by Crippen LogP contribution is -2.33. The first kappa shape index (κ1) is 18.4. The molecule has 0 saturated carbocycles. The Morgan fingerprint density at radius 1 is 1.46 bits per heavy atom. The van der Waals surface area contributed by atoms with Gasteiger partial charge < -0.3 is 11.1 Å². The van der Waals surface area contributed by atoms with Crippen molar-refractivity contribution in [2.24, 2.45) is 11.7 Å². The van der Waals surface area contributed by atoms with E-state index < -0.39 is 0 Å². The first-order valence-corrected chi connectivity index (χ1v) is 11.4. The summed E-state index contributed by atoms with van der Waals surface area (Å²) in [6.07, 6.45) is 5.37. The van der Waals surface area contributed by atoms with Crippen LogP contribution in [0, 0.1) is 5.92 Å². The molecule has 0 aliphatic heterocycles. The van der Waals surface area contributed by atoms with Crippen LogP contribution in [-0.4, -0.2) is 11.0 Å². The summed E-state index contributed by atoms with van der Waals surface area (Å²) in [6.45, 7) is 3.01. The van der Waals surface area contributed by atoms with Crippen LogP contribution < -0.4 is 11.1 Å². The van der Waals surface area contributed by atoms with Crippen molar-refractivity contribution in [2.75, 3.05) is 5.32 Å². The zero-order chi connectivity index (χ0) is 18.3. The van der Waals surface area contributed by atoms with Crippen molar-refractivity contribution in [3.63, 3.8) is 0 Å². The van der Waals surface area contributed by atoms with Crippen molar-refractivity contribution in [2.45, 2.75) is 31.8 Å². The molecule has 26 heavy (non-hydrogen) atoms. The molecule has 3 heterocycles. The maximum absolute atomic E-state index is 6.46. The van der Waals surface area contributed by atoms with E-state index in [1.54, 1.807) is 22.7 Å². The lowest BCUT2D eigenvalue weighted by atomic mass is 9.81. The summed E-state index contributed by atoms with van der Waals surface area (Å²) in [5, 5.41) is 6.11. The number of pyridine rings is 1. The molecular formula is C19H19BrClN3S2. The van der Waals surface area contributed by atoms with E-state index in [1.165, 1.54) is 9.75 Å². The standard InChI is InChI=1S/C19H19BrClN3S2/c1-10-4-2-6-12(22)15(10)19-16(20)17-18(26-19)13(8-14(21)24-17)23-9-11-5-3-7-25-11/h2-5,7-8,10,12,15H,6,9,22H2,1H3,(H,23,24)/t10-,12+,15+/m0/s1. The molecule has 3 N–H and O–H groups in total. The Morgan fingerprint density at radius 3 is 3.04 bits per heavy atom. The van der Waals surface area contributed by atoms with Crippen molar-refractivity contribution in [3.8, 4) is 0 Å². The molecule has 7 heteroatoms. The molecule has 0 aromatic carbocycles. The third-order valence-corrected chi connectivity index (χ3v) is 8.24. The van der Waals surface area contributed by atoms with Crippen LogP contribution in [0.1, 0.15) is 29.0 Å². The van der Waals surface area contributed by atoms with Gasteiger partial charge in [-0.25, -0.2) is 4.98 Å². The lowest BCUT2D eigenvalue weighted by molar-refractivity contribution is 0.435. The van der Waals surface area contributed by atoms with Crippen molar-refractivity contribution in [3.05, 3.63) is 55.1 Å². The first-order chi connectivity index (χ1) is 12.5. The van der Waals surface area contributed by atoms with Crippen molar-refractivity contribution in [1.82, 2.24) is 4.98 Å². The number of fused-ring (bicyclic) bond motifs is 1. The number of hydrogen-bond donors (Lipinski definition) is 2. The highest BCUT2D eigenvalue weighted by Crippen LogP contribution is 2.47. The number of thiophene rings is 2. The Balaban J connectivity index is 1.76. The summed E-state index contributed by atoms with van der Waals surface area (Å²) >= 11 is 13.6. The smallest absolute Gasteiger partial charge is 0.131 e. The number of rotatable bonds is 4. The van der Waals surface area contributed by atoms with Crippen molar-refractivity contribution in [1.29, 1.82) is 0 Å². The summed E-state index contributed by atoms with van der Waals surface area (Å²) in [4.78, 5) is 7.13. The van der Waals surface area contributed by atoms with Crippen molar-refractivity contribution >= 4 is 66.1 Å². The van der Waals surface area contributed by atoms with Gasteiger partial charge in [0, 0.05) is 34.3 Å². The van der Waals surface area contributed by atoms with Gasteiger partial charge in [0.2, 0.25) is 0 Å². The van der Waals surface area contributed by atoms with Gasteiger partial charge in [0.25, 0.3) is 0 Å². The van der Waals surface area contributed by atoms with Gasteiger partial charge in [-0.15, -0.1) is 22.7 Å². The van der Waals surface area contributed by atoms with Crippen LogP contribution in [0.3, 0.4) is 0 Å². The number of halogens is 2. The fraction of sp³-hybridized carbons (Fsp3) is 0.316. The normalized spacial score (nSPS) is 22.8. The second-order valence-corrected chi connectivity index (χ2v) is 9.86. The van der Waals surface area contributed by atoms with Crippen molar-refractivity contribution < 1.29 is 0 Å². The number of anilines is 1. The molecule has 0 fully saturated rings. The average molecular weight is 469 g/mol. The number of aromatic nitrogens is 1. The summed E-state index contributed by atoms with van der Waals surface area (Å²) in [7, 11) is 0. The predicted octanol–water partition coefficient (Wildman–Crippen LogP) is 6.39. The summed E-state index contributed by atoms with van der Waals surface area (Å²) in [6, 6.07) is 6.23. The van der Waals surface area contributed by atoms with E-state index in [9.17, 15) is 0 Å². The molecule has 0 amide bonds. The van der Waals surface area contributed by atoms with Crippen LogP contribution in [0.2, 0.25) is 5.15 Å². The largest absolute Gasteiger partial charge is 0.379 e. The highest BCUT2D eigenvalue weighted by Gasteiger charge is 2.31. The fourth-order valence-corrected chi connectivity index (χ4v) is 6.69. The zero-order valence-corrected chi connectivity index (χ0v) is 18.2. The summed E-state index contributed by atoms with van der Waals surface area (Å²) in [5.41, 5.74) is 8.40. The Kier molecular flexibility index (Phi) is 5.39. The van der Waals surface area contributed by atoms with Gasteiger partial charge in [-0.2, -0.15) is 0 Å². The summed E-state index contributed by atoms with van der Waals surface area (Å²) < 4.78 is 2.16. The Morgan fingerprint density at radius 2 is 2.31 bits per heavy atom. The van der Waals surface area contributed by atoms with Gasteiger partial charge in [0.05, 0.1) is 20.4 Å². The molecule has 4 rings (SSSR count). The molecule has 0 bridgehead atoms. The molecule has 3 nitrogen and oxygen atoms in total. The third-order valence-electron chi connectivity index (χ3n) is 4.79. The number of nitrogens with two attached hydrogens (primary N) is 1. The quantitative estimate of drug-likeness (QED) is 0.344. The van der Waals surface area contributed by atoms with E-state index in [0.29, 0.717) is 11.1 Å². The molecule has 1 aliphatic rings. The minimum atomic E-state index is 0.123. The number of allylic oxidation sites excluding steroid dienone is 1. The summed E-state index contributed by atoms with van der Waals surface area (Å²) in [5.74, 6) is 0.693. The number of hydrogen-bond acceptors (Lipinski definition) is 5. The van der Waals surface area contributed by atoms with Gasteiger partial charge in [-0.3, -0.25) is 0 Å². The van der Waals surface area contributed by atoms with Gasteiger partial charge in [0.1, 0.15) is 5.15 Å². The lowest BCUT2D eigenvalue weighted by Gasteiger charge is -2.30. The average Bonchev–Trinajstić information content (AvgIpc) is 3.22. The molecule has 0 unspecified atom stereocenters. The molecule has 3 atom stereocenters. The topological polar surface area (TPSA) is 50.9 Å². The maximum Gasteiger partial charge on any atom is 0.131 e. The maximum atomic E-state index is 6.46. The minimum absolute atomic E-state index is 0.123. The van der Waals surface area contributed by atoms with Crippen LogP contribution in [-0.2, 0) is 6.54 Å². The van der Waals surface area contributed by atoms with Crippen LogP contribution in [0.15, 0.2) is 40.2 Å². The van der Waals surface area contributed by atoms with Crippen LogP contribution in [0.25, 0.3) is 10.2 Å². The SMILES string of the molecule is C[C@H]1C=CC[C@@H](N)[C@@H]1c1sc2c(NCc3cccs3)cc(Cl)nc2c1Br. The first-order valence-electron chi connectivity index (χ1n) is 8.51. The van der Waals surface area contributed by atoms with Gasteiger partial charge >= 0.3 is 0 Å². The highest BCUT2D eigenvalue weighted by molar-refractivity contribution is 9.10. The Labute approximate surface area is 174 Å². The molecule has 3 aromatic rings. The van der Waals surface area contributed by atoms with E-state index >= 15 is 0 Å². The molecule has 136 valence electrons. The van der Waals surface area contributed by atoms with E-state index in [4.69, 9.17) is 17.3 Å². The highest BCUT2D eigenvalue weighted by atomic mass is 79.9. The van der Waals surface area contributed by atoms with Gasteiger partial charge in [-0.05, 0) is 39.7 Å². The van der Waals surface area contributed by atoms with E-state index in [2.05, 4.69) is 62.8 Å². The van der Waals surface area contributed by atoms with E-state index in [-0.39, 0.29) is 12.0 Å².